The van der Waals surface area contributed by atoms with E-state index in [1.807, 2.05) is 0 Å². The van der Waals surface area contributed by atoms with Gasteiger partial charge in [-0.2, -0.15) is 4.31 Å². The third-order valence-electron chi connectivity index (χ3n) is 2.84. The minimum absolute atomic E-state index is 0.00267. The molecule has 1 aromatic heterocycles. The maximum absolute atomic E-state index is 12.6. The van der Waals surface area contributed by atoms with E-state index in [1.165, 1.54) is 16.4 Å². The van der Waals surface area contributed by atoms with Crippen LogP contribution in [0.15, 0.2) is 29.7 Å². The SMILES string of the molecule is C=CC1OCCCN1S(=O)(=O)c1ccc(C)nc1Cl. The summed E-state index contributed by atoms with van der Waals surface area (Å²) in [6.07, 6.45) is 1.45. The highest BCUT2D eigenvalue weighted by Crippen LogP contribution is 2.27. The molecule has 0 radical (unpaired) electrons. The zero-order valence-corrected chi connectivity index (χ0v) is 12.1. The van der Waals surface area contributed by atoms with Gasteiger partial charge in [0.1, 0.15) is 16.3 Å². The van der Waals surface area contributed by atoms with Crippen molar-refractivity contribution in [1.82, 2.24) is 9.29 Å². The molecule has 1 aromatic rings. The number of aryl methyl sites for hydroxylation is 1. The maximum Gasteiger partial charge on any atom is 0.248 e. The Morgan fingerprint density at radius 2 is 2.32 bits per heavy atom. The number of nitrogens with zero attached hydrogens (tertiary/aromatic N) is 2. The first-order valence-corrected chi connectivity index (χ1v) is 7.68. The van der Waals surface area contributed by atoms with Gasteiger partial charge in [-0.05, 0) is 31.6 Å². The molecule has 5 nitrogen and oxygen atoms in total. The van der Waals surface area contributed by atoms with E-state index in [0.717, 1.165) is 0 Å². The molecular formula is C12H15ClN2O3S. The van der Waals surface area contributed by atoms with Crippen LogP contribution in [0.1, 0.15) is 12.1 Å². The van der Waals surface area contributed by atoms with Crippen LogP contribution in [-0.4, -0.2) is 37.1 Å². The minimum Gasteiger partial charge on any atom is -0.358 e. The summed E-state index contributed by atoms with van der Waals surface area (Å²) in [6, 6.07) is 3.08. The summed E-state index contributed by atoms with van der Waals surface area (Å²) in [6.45, 7) is 6.24. The van der Waals surface area contributed by atoms with Crippen molar-refractivity contribution >= 4 is 21.6 Å². The van der Waals surface area contributed by atoms with Crippen molar-refractivity contribution in [2.24, 2.45) is 0 Å². The number of halogens is 1. The molecule has 0 aromatic carbocycles. The molecule has 19 heavy (non-hydrogen) atoms. The molecule has 7 heteroatoms. The van der Waals surface area contributed by atoms with Crippen LogP contribution >= 0.6 is 11.6 Å². The summed E-state index contributed by atoms with van der Waals surface area (Å²) in [7, 11) is -3.73. The molecule has 0 N–H and O–H groups in total. The lowest BCUT2D eigenvalue weighted by Gasteiger charge is -2.32. The summed E-state index contributed by atoms with van der Waals surface area (Å²) in [5, 5.41) is -0.0200. The molecule has 104 valence electrons. The molecule has 1 atom stereocenters. The Labute approximate surface area is 117 Å². The minimum atomic E-state index is -3.73. The van der Waals surface area contributed by atoms with Gasteiger partial charge >= 0.3 is 0 Å². The van der Waals surface area contributed by atoms with Crippen molar-refractivity contribution in [2.45, 2.75) is 24.5 Å². The Bertz CT molecular complexity index is 589. The van der Waals surface area contributed by atoms with Crippen molar-refractivity contribution in [3.8, 4) is 0 Å². The van der Waals surface area contributed by atoms with Crippen LogP contribution in [0.4, 0.5) is 0 Å². The molecular weight excluding hydrogens is 288 g/mol. The first-order valence-electron chi connectivity index (χ1n) is 5.86. The highest BCUT2D eigenvalue weighted by Gasteiger charge is 2.34. The molecule has 1 saturated heterocycles. The van der Waals surface area contributed by atoms with Crippen molar-refractivity contribution in [3.05, 3.63) is 35.6 Å². The second-order valence-corrected chi connectivity index (χ2v) is 6.42. The van der Waals surface area contributed by atoms with Crippen molar-refractivity contribution in [3.63, 3.8) is 0 Å². The van der Waals surface area contributed by atoms with Crippen LogP contribution in [0.2, 0.25) is 5.15 Å². The summed E-state index contributed by atoms with van der Waals surface area (Å²) >= 11 is 5.94. The predicted molar refractivity (Wildman–Crippen MR) is 72.4 cm³/mol. The predicted octanol–water partition coefficient (Wildman–Crippen LogP) is 1.97. The quantitative estimate of drug-likeness (QED) is 0.633. The van der Waals surface area contributed by atoms with E-state index in [9.17, 15) is 8.42 Å². The van der Waals surface area contributed by atoms with Crippen LogP contribution < -0.4 is 0 Å². The Morgan fingerprint density at radius 1 is 1.58 bits per heavy atom. The fraction of sp³-hybridized carbons (Fsp3) is 0.417. The van der Waals surface area contributed by atoms with Gasteiger partial charge in [0.2, 0.25) is 10.0 Å². The van der Waals surface area contributed by atoms with Gasteiger partial charge in [-0.25, -0.2) is 13.4 Å². The van der Waals surface area contributed by atoms with Crippen LogP contribution in [-0.2, 0) is 14.8 Å². The number of ether oxygens (including phenoxy) is 1. The number of rotatable bonds is 3. The third kappa shape index (κ3) is 2.81. The van der Waals surface area contributed by atoms with Gasteiger partial charge in [0.25, 0.3) is 0 Å². The summed E-state index contributed by atoms with van der Waals surface area (Å²) < 4.78 is 31.8. The Morgan fingerprint density at radius 3 is 2.95 bits per heavy atom. The Hall–Kier alpha value is -0.950. The zero-order chi connectivity index (χ0) is 14.0. The highest BCUT2D eigenvalue weighted by molar-refractivity contribution is 7.89. The molecule has 1 aliphatic heterocycles. The average Bonchev–Trinajstić information content (AvgIpc) is 2.38. The molecule has 1 fully saturated rings. The number of sulfonamides is 1. The van der Waals surface area contributed by atoms with Gasteiger partial charge in [-0.3, -0.25) is 0 Å². The second-order valence-electron chi connectivity index (χ2n) is 4.21. The maximum atomic E-state index is 12.6. The lowest BCUT2D eigenvalue weighted by molar-refractivity contribution is -0.0222. The number of aromatic nitrogens is 1. The van der Waals surface area contributed by atoms with Gasteiger partial charge in [-0.15, -0.1) is 0 Å². The van der Waals surface area contributed by atoms with E-state index < -0.39 is 16.3 Å². The summed E-state index contributed by atoms with van der Waals surface area (Å²) in [4.78, 5) is 3.98. The molecule has 0 bridgehead atoms. The lowest BCUT2D eigenvalue weighted by atomic mass is 10.4. The van der Waals surface area contributed by atoms with E-state index in [0.29, 0.717) is 25.3 Å². The first-order chi connectivity index (χ1) is 8.96. The molecule has 2 rings (SSSR count). The molecule has 1 aliphatic rings. The van der Waals surface area contributed by atoms with Gasteiger partial charge < -0.3 is 4.74 Å². The molecule has 2 heterocycles. The fourth-order valence-electron chi connectivity index (χ4n) is 1.91. The Kier molecular flexibility index (Phi) is 4.25. The third-order valence-corrected chi connectivity index (χ3v) is 5.13. The normalized spacial score (nSPS) is 21.3. The van der Waals surface area contributed by atoms with Crippen molar-refractivity contribution in [2.75, 3.05) is 13.2 Å². The van der Waals surface area contributed by atoms with E-state index in [2.05, 4.69) is 11.6 Å². The van der Waals surface area contributed by atoms with Gasteiger partial charge in [0, 0.05) is 12.2 Å². The highest BCUT2D eigenvalue weighted by atomic mass is 35.5. The van der Waals surface area contributed by atoms with Gasteiger partial charge in [-0.1, -0.05) is 18.2 Å². The van der Waals surface area contributed by atoms with Crippen LogP contribution in [0.25, 0.3) is 0 Å². The fourth-order valence-corrected chi connectivity index (χ4v) is 3.94. The van der Waals surface area contributed by atoms with Gasteiger partial charge in [0.15, 0.2) is 0 Å². The Balaban J connectivity index is 2.43. The van der Waals surface area contributed by atoms with Crippen molar-refractivity contribution < 1.29 is 13.2 Å². The number of hydrogen-bond donors (Lipinski definition) is 0. The van der Waals surface area contributed by atoms with Crippen LogP contribution in [0.3, 0.4) is 0 Å². The molecule has 0 aliphatic carbocycles. The first kappa shape index (κ1) is 14.5. The molecule has 0 spiro atoms. The number of pyridine rings is 1. The summed E-state index contributed by atoms with van der Waals surface area (Å²) in [5.41, 5.74) is 0.666. The van der Waals surface area contributed by atoms with Crippen LogP contribution in [0.5, 0.6) is 0 Å². The smallest absolute Gasteiger partial charge is 0.248 e. The van der Waals surface area contributed by atoms with E-state index in [1.54, 1.807) is 13.0 Å². The van der Waals surface area contributed by atoms with E-state index >= 15 is 0 Å². The standard InChI is InChI=1S/C12H15ClN2O3S/c1-3-11-15(7-4-8-18-11)19(16,17)10-6-5-9(2)14-12(10)13/h3,5-6,11H,1,4,7-8H2,2H3. The summed E-state index contributed by atoms with van der Waals surface area (Å²) in [5.74, 6) is 0. The second kappa shape index (κ2) is 5.58. The molecule has 0 amide bonds. The molecule has 1 unspecified atom stereocenters. The van der Waals surface area contributed by atoms with Gasteiger partial charge in [0.05, 0.1) is 6.61 Å². The average molecular weight is 303 g/mol. The monoisotopic (exact) mass is 302 g/mol. The van der Waals surface area contributed by atoms with E-state index in [4.69, 9.17) is 16.3 Å². The number of hydrogen-bond acceptors (Lipinski definition) is 4. The zero-order valence-electron chi connectivity index (χ0n) is 10.5. The van der Waals surface area contributed by atoms with Crippen LogP contribution in [0, 0.1) is 6.92 Å². The largest absolute Gasteiger partial charge is 0.358 e. The topological polar surface area (TPSA) is 59.5 Å². The van der Waals surface area contributed by atoms with Crippen molar-refractivity contribution in [1.29, 1.82) is 0 Å². The molecule has 0 saturated carbocycles. The lowest BCUT2D eigenvalue weighted by Crippen LogP contribution is -2.45. The van der Waals surface area contributed by atoms with E-state index in [-0.39, 0.29) is 10.0 Å².